The van der Waals surface area contributed by atoms with Crippen LogP contribution in [-0.4, -0.2) is 12.6 Å². The molecule has 1 heteroatoms. The van der Waals surface area contributed by atoms with Crippen molar-refractivity contribution in [2.24, 2.45) is 0 Å². The lowest BCUT2D eigenvalue weighted by molar-refractivity contribution is 0.453. The van der Waals surface area contributed by atoms with E-state index in [0.717, 1.165) is 19.0 Å². The van der Waals surface area contributed by atoms with Gasteiger partial charge in [0.25, 0.3) is 0 Å². The van der Waals surface area contributed by atoms with Crippen molar-refractivity contribution in [2.75, 3.05) is 6.54 Å². The molecule has 0 aliphatic rings. The highest BCUT2D eigenvalue weighted by atomic mass is 14.9. The van der Waals surface area contributed by atoms with E-state index in [1.807, 2.05) is 0 Å². The summed E-state index contributed by atoms with van der Waals surface area (Å²) in [6, 6.07) is 0.729. The highest BCUT2D eigenvalue weighted by Gasteiger charge is 2.02. The van der Waals surface area contributed by atoms with Crippen molar-refractivity contribution >= 4 is 0 Å². The van der Waals surface area contributed by atoms with Crippen molar-refractivity contribution in [2.45, 2.75) is 64.8 Å². The van der Waals surface area contributed by atoms with Crippen LogP contribution in [0, 0.1) is 12.3 Å². The molecule has 0 bridgehead atoms. The van der Waals surface area contributed by atoms with Crippen molar-refractivity contribution in [3.05, 3.63) is 0 Å². The van der Waals surface area contributed by atoms with Crippen molar-refractivity contribution < 1.29 is 0 Å². The van der Waals surface area contributed by atoms with Crippen LogP contribution in [-0.2, 0) is 0 Å². The van der Waals surface area contributed by atoms with Crippen LogP contribution in [0.5, 0.6) is 0 Å². The Kier molecular flexibility index (Phi) is 10.2. The molecule has 1 N–H and O–H groups in total. The number of hydrogen-bond donors (Lipinski definition) is 1. The Morgan fingerprint density at radius 3 is 2.57 bits per heavy atom. The van der Waals surface area contributed by atoms with Gasteiger partial charge in [0.1, 0.15) is 0 Å². The van der Waals surface area contributed by atoms with Crippen LogP contribution in [0.4, 0.5) is 0 Å². The monoisotopic (exact) mass is 195 g/mol. The zero-order valence-corrected chi connectivity index (χ0v) is 9.81. The third kappa shape index (κ3) is 8.13. The Hall–Kier alpha value is -0.480. The molecular weight excluding hydrogens is 170 g/mol. The summed E-state index contributed by atoms with van der Waals surface area (Å²) in [6.45, 7) is 5.66. The molecule has 0 rings (SSSR count). The van der Waals surface area contributed by atoms with Gasteiger partial charge >= 0.3 is 0 Å². The van der Waals surface area contributed by atoms with Crippen LogP contribution in [0.3, 0.4) is 0 Å². The second-order valence-electron chi connectivity index (χ2n) is 3.86. The third-order valence-corrected chi connectivity index (χ3v) is 2.56. The SMILES string of the molecule is C#CCCCCCN[C@@H](CC)CCC. The lowest BCUT2D eigenvalue weighted by atomic mass is 10.1. The molecule has 0 aromatic heterocycles. The maximum atomic E-state index is 5.19. The van der Waals surface area contributed by atoms with Gasteiger partial charge in [0, 0.05) is 12.5 Å². The summed E-state index contributed by atoms with van der Waals surface area (Å²) in [5, 5.41) is 3.60. The van der Waals surface area contributed by atoms with Gasteiger partial charge in [-0.3, -0.25) is 0 Å². The van der Waals surface area contributed by atoms with Gasteiger partial charge in [0.15, 0.2) is 0 Å². The average molecular weight is 195 g/mol. The minimum absolute atomic E-state index is 0.729. The lowest BCUT2D eigenvalue weighted by Gasteiger charge is -2.15. The first-order chi connectivity index (χ1) is 6.85. The molecule has 1 nitrogen and oxygen atoms in total. The number of terminal acetylenes is 1. The summed E-state index contributed by atoms with van der Waals surface area (Å²) in [7, 11) is 0. The topological polar surface area (TPSA) is 12.0 Å². The fourth-order valence-corrected chi connectivity index (χ4v) is 1.63. The van der Waals surface area contributed by atoms with E-state index < -0.39 is 0 Å². The molecular formula is C13H25N. The summed E-state index contributed by atoms with van der Waals surface area (Å²) in [4.78, 5) is 0. The average Bonchev–Trinajstić information content (AvgIpc) is 2.21. The van der Waals surface area contributed by atoms with E-state index in [9.17, 15) is 0 Å². The van der Waals surface area contributed by atoms with Crippen LogP contribution >= 0.6 is 0 Å². The highest BCUT2D eigenvalue weighted by molar-refractivity contribution is 4.82. The van der Waals surface area contributed by atoms with Gasteiger partial charge in [-0.1, -0.05) is 26.7 Å². The maximum Gasteiger partial charge on any atom is 0.00860 e. The predicted molar refractivity (Wildman–Crippen MR) is 64.3 cm³/mol. The Morgan fingerprint density at radius 1 is 1.21 bits per heavy atom. The van der Waals surface area contributed by atoms with Crippen molar-refractivity contribution in [1.82, 2.24) is 5.32 Å². The van der Waals surface area contributed by atoms with Crippen LogP contribution in [0.1, 0.15) is 58.8 Å². The van der Waals surface area contributed by atoms with E-state index in [1.165, 1.54) is 38.5 Å². The molecule has 82 valence electrons. The van der Waals surface area contributed by atoms with E-state index in [-0.39, 0.29) is 0 Å². The summed E-state index contributed by atoms with van der Waals surface area (Å²) in [5.74, 6) is 2.68. The Bertz CT molecular complexity index is 146. The van der Waals surface area contributed by atoms with Crippen molar-refractivity contribution in [3.63, 3.8) is 0 Å². The Labute approximate surface area is 89.7 Å². The molecule has 0 saturated carbocycles. The zero-order valence-electron chi connectivity index (χ0n) is 9.81. The van der Waals surface area contributed by atoms with E-state index in [4.69, 9.17) is 6.42 Å². The fraction of sp³-hybridized carbons (Fsp3) is 0.846. The normalized spacial score (nSPS) is 12.4. The second-order valence-corrected chi connectivity index (χ2v) is 3.86. The van der Waals surface area contributed by atoms with Gasteiger partial charge in [-0.05, 0) is 32.2 Å². The molecule has 0 heterocycles. The van der Waals surface area contributed by atoms with E-state index in [1.54, 1.807) is 0 Å². The molecule has 1 atom stereocenters. The smallest absolute Gasteiger partial charge is 0.00860 e. The molecule has 0 amide bonds. The summed E-state index contributed by atoms with van der Waals surface area (Å²) >= 11 is 0. The predicted octanol–water partition coefficient (Wildman–Crippen LogP) is 3.35. The van der Waals surface area contributed by atoms with Gasteiger partial charge in [-0.25, -0.2) is 0 Å². The molecule has 0 spiro atoms. The first-order valence-electron chi connectivity index (χ1n) is 6.02. The van der Waals surface area contributed by atoms with Crippen LogP contribution in [0.2, 0.25) is 0 Å². The van der Waals surface area contributed by atoms with E-state index in [2.05, 4.69) is 25.1 Å². The second kappa shape index (κ2) is 10.6. The maximum absolute atomic E-state index is 5.19. The van der Waals surface area contributed by atoms with Crippen molar-refractivity contribution in [1.29, 1.82) is 0 Å². The van der Waals surface area contributed by atoms with Crippen LogP contribution < -0.4 is 5.32 Å². The Morgan fingerprint density at radius 2 is 2.00 bits per heavy atom. The largest absolute Gasteiger partial charge is 0.314 e. The quantitative estimate of drug-likeness (QED) is 0.439. The molecule has 0 unspecified atom stereocenters. The molecule has 0 aliphatic heterocycles. The summed E-state index contributed by atoms with van der Waals surface area (Å²) < 4.78 is 0. The molecule has 0 aromatic rings. The summed E-state index contributed by atoms with van der Waals surface area (Å²) in [5.41, 5.74) is 0. The third-order valence-electron chi connectivity index (χ3n) is 2.56. The molecule has 0 radical (unpaired) electrons. The molecule has 0 aromatic carbocycles. The highest BCUT2D eigenvalue weighted by Crippen LogP contribution is 2.02. The zero-order chi connectivity index (χ0) is 10.6. The van der Waals surface area contributed by atoms with Gasteiger partial charge in [0.2, 0.25) is 0 Å². The van der Waals surface area contributed by atoms with Gasteiger partial charge in [0.05, 0.1) is 0 Å². The number of hydrogen-bond acceptors (Lipinski definition) is 1. The summed E-state index contributed by atoms with van der Waals surface area (Å²) in [6.07, 6.45) is 13.7. The van der Waals surface area contributed by atoms with Gasteiger partial charge < -0.3 is 5.32 Å². The molecule has 0 aliphatic carbocycles. The fourth-order valence-electron chi connectivity index (χ4n) is 1.63. The minimum atomic E-state index is 0.729. The first kappa shape index (κ1) is 13.5. The number of nitrogens with one attached hydrogen (secondary N) is 1. The standard InChI is InChI=1S/C13H25N/c1-4-7-8-9-10-12-14-13(6-3)11-5-2/h1,13-14H,5-12H2,2-3H3/t13-/m0/s1. The van der Waals surface area contributed by atoms with Gasteiger partial charge in [-0.15, -0.1) is 12.3 Å². The first-order valence-corrected chi connectivity index (χ1v) is 6.02. The molecule has 0 saturated heterocycles. The van der Waals surface area contributed by atoms with Gasteiger partial charge in [-0.2, -0.15) is 0 Å². The molecule has 0 fully saturated rings. The Balaban J connectivity index is 3.20. The molecule has 14 heavy (non-hydrogen) atoms. The van der Waals surface area contributed by atoms with Crippen LogP contribution in [0.25, 0.3) is 0 Å². The van der Waals surface area contributed by atoms with Crippen LogP contribution in [0.15, 0.2) is 0 Å². The number of unbranched alkanes of at least 4 members (excludes halogenated alkanes) is 3. The lowest BCUT2D eigenvalue weighted by Crippen LogP contribution is -2.29. The van der Waals surface area contributed by atoms with E-state index in [0.29, 0.717) is 0 Å². The number of rotatable bonds is 9. The van der Waals surface area contributed by atoms with Crippen molar-refractivity contribution in [3.8, 4) is 12.3 Å². The van der Waals surface area contributed by atoms with E-state index >= 15 is 0 Å². The minimum Gasteiger partial charge on any atom is -0.314 e.